The summed E-state index contributed by atoms with van der Waals surface area (Å²) >= 11 is 6.15. The van der Waals surface area contributed by atoms with Crippen LogP contribution in [0.1, 0.15) is 38.6 Å². The van der Waals surface area contributed by atoms with Crippen LogP contribution in [0.25, 0.3) is 0 Å². The summed E-state index contributed by atoms with van der Waals surface area (Å²) in [6.07, 6.45) is 0. The standard InChI is InChI=1S/C15H15ClO2/c1-8-5-13(14(16)6-9(8)2)15(17)12-7-10(3)18-11(12)4/h5-7H,1-4H3. The topological polar surface area (TPSA) is 30.2 Å². The van der Waals surface area contributed by atoms with Gasteiger partial charge in [0, 0.05) is 5.56 Å². The van der Waals surface area contributed by atoms with Crippen LogP contribution in [0.3, 0.4) is 0 Å². The maximum absolute atomic E-state index is 12.4. The van der Waals surface area contributed by atoms with Crippen LogP contribution >= 0.6 is 11.6 Å². The van der Waals surface area contributed by atoms with Crippen LogP contribution in [-0.2, 0) is 0 Å². The van der Waals surface area contributed by atoms with Gasteiger partial charge < -0.3 is 4.42 Å². The summed E-state index contributed by atoms with van der Waals surface area (Å²) in [6.45, 7) is 7.56. The molecular weight excluding hydrogens is 248 g/mol. The first-order valence-electron chi connectivity index (χ1n) is 5.78. The molecule has 0 radical (unpaired) electrons. The van der Waals surface area contributed by atoms with Crippen LogP contribution in [0, 0.1) is 27.7 Å². The van der Waals surface area contributed by atoms with Crippen LogP contribution in [0.2, 0.25) is 5.02 Å². The number of rotatable bonds is 2. The first-order valence-corrected chi connectivity index (χ1v) is 6.16. The highest BCUT2D eigenvalue weighted by atomic mass is 35.5. The zero-order chi connectivity index (χ0) is 13.4. The molecule has 94 valence electrons. The van der Waals surface area contributed by atoms with Gasteiger partial charge in [0.15, 0.2) is 5.78 Å². The lowest BCUT2D eigenvalue weighted by Gasteiger charge is -2.07. The molecule has 0 saturated carbocycles. The van der Waals surface area contributed by atoms with Gasteiger partial charge in [-0.2, -0.15) is 0 Å². The van der Waals surface area contributed by atoms with E-state index in [-0.39, 0.29) is 5.78 Å². The molecule has 1 aromatic heterocycles. The van der Waals surface area contributed by atoms with E-state index in [4.69, 9.17) is 16.0 Å². The van der Waals surface area contributed by atoms with Crippen LogP contribution in [0.4, 0.5) is 0 Å². The van der Waals surface area contributed by atoms with Gasteiger partial charge in [-0.05, 0) is 57.0 Å². The molecule has 2 nitrogen and oxygen atoms in total. The second-order valence-electron chi connectivity index (χ2n) is 4.57. The van der Waals surface area contributed by atoms with Gasteiger partial charge in [-0.3, -0.25) is 4.79 Å². The van der Waals surface area contributed by atoms with Gasteiger partial charge in [-0.1, -0.05) is 11.6 Å². The van der Waals surface area contributed by atoms with Crippen LogP contribution in [0.5, 0.6) is 0 Å². The van der Waals surface area contributed by atoms with Crippen LogP contribution in [0.15, 0.2) is 22.6 Å². The van der Waals surface area contributed by atoms with E-state index in [0.717, 1.165) is 16.9 Å². The van der Waals surface area contributed by atoms with E-state index < -0.39 is 0 Å². The normalized spacial score (nSPS) is 10.7. The second kappa shape index (κ2) is 4.62. The van der Waals surface area contributed by atoms with E-state index in [1.807, 2.05) is 32.9 Å². The Bertz CT molecular complexity index is 624. The molecule has 0 spiro atoms. The highest BCUT2D eigenvalue weighted by Crippen LogP contribution is 2.25. The minimum Gasteiger partial charge on any atom is -0.466 e. The number of aryl methyl sites for hydroxylation is 4. The van der Waals surface area contributed by atoms with E-state index in [0.29, 0.717) is 21.9 Å². The van der Waals surface area contributed by atoms with E-state index >= 15 is 0 Å². The van der Waals surface area contributed by atoms with Crippen molar-refractivity contribution in [2.45, 2.75) is 27.7 Å². The van der Waals surface area contributed by atoms with Crippen molar-refractivity contribution in [3.05, 3.63) is 57.0 Å². The van der Waals surface area contributed by atoms with Crippen molar-refractivity contribution in [2.24, 2.45) is 0 Å². The number of furan rings is 1. The smallest absolute Gasteiger partial charge is 0.198 e. The Kier molecular flexibility index (Phi) is 3.31. The van der Waals surface area contributed by atoms with E-state index in [1.54, 1.807) is 13.0 Å². The Morgan fingerprint density at radius 3 is 2.17 bits per heavy atom. The fourth-order valence-electron chi connectivity index (χ4n) is 1.96. The minimum absolute atomic E-state index is 0.0857. The second-order valence-corrected chi connectivity index (χ2v) is 4.98. The lowest BCUT2D eigenvalue weighted by molar-refractivity contribution is 0.103. The third-order valence-corrected chi connectivity index (χ3v) is 3.43. The summed E-state index contributed by atoms with van der Waals surface area (Å²) in [4.78, 5) is 12.4. The Hall–Kier alpha value is -1.54. The number of carbonyl (C=O) groups excluding carboxylic acids is 1. The van der Waals surface area contributed by atoms with E-state index in [1.165, 1.54) is 0 Å². The number of halogens is 1. The molecule has 2 rings (SSSR count). The van der Waals surface area contributed by atoms with Crippen molar-refractivity contribution in [2.75, 3.05) is 0 Å². The molecule has 3 heteroatoms. The van der Waals surface area contributed by atoms with Gasteiger partial charge in [0.05, 0.1) is 10.6 Å². The highest BCUT2D eigenvalue weighted by Gasteiger charge is 2.18. The third kappa shape index (κ3) is 2.21. The van der Waals surface area contributed by atoms with E-state index in [2.05, 4.69) is 0 Å². The summed E-state index contributed by atoms with van der Waals surface area (Å²) in [5, 5.41) is 0.487. The molecule has 0 bridgehead atoms. The summed E-state index contributed by atoms with van der Waals surface area (Å²) < 4.78 is 5.39. The number of carbonyl (C=O) groups is 1. The number of ketones is 1. The van der Waals surface area contributed by atoms with Crippen molar-refractivity contribution < 1.29 is 9.21 Å². The highest BCUT2D eigenvalue weighted by molar-refractivity contribution is 6.35. The molecule has 0 atom stereocenters. The molecule has 0 unspecified atom stereocenters. The average molecular weight is 263 g/mol. The number of benzene rings is 1. The molecule has 18 heavy (non-hydrogen) atoms. The molecule has 1 heterocycles. The van der Waals surface area contributed by atoms with Crippen molar-refractivity contribution >= 4 is 17.4 Å². The molecule has 1 aromatic carbocycles. The predicted molar refractivity (Wildman–Crippen MR) is 72.5 cm³/mol. The maximum atomic E-state index is 12.4. The number of hydrogen-bond donors (Lipinski definition) is 0. The fraction of sp³-hybridized carbons (Fsp3) is 0.267. The van der Waals surface area contributed by atoms with Gasteiger partial charge in [0.1, 0.15) is 11.5 Å². The Morgan fingerprint density at radius 2 is 1.61 bits per heavy atom. The molecule has 0 aliphatic carbocycles. The van der Waals surface area contributed by atoms with Crippen molar-refractivity contribution in [1.82, 2.24) is 0 Å². The molecule has 0 N–H and O–H groups in total. The molecule has 2 aromatic rings. The average Bonchev–Trinajstić information content (AvgIpc) is 2.62. The monoisotopic (exact) mass is 262 g/mol. The lowest BCUT2D eigenvalue weighted by atomic mass is 9.99. The predicted octanol–water partition coefficient (Wildman–Crippen LogP) is 4.40. The first-order chi connectivity index (χ1) is 8.40. The SMILES string of the molecule is Cc1cc(C(=O)c2cc(C)c(C)cc2Cl)c(C)o1. The van der Waals surface area contributed by atoms with Gasteiger partial charge in [-0.25, -0.2) is 0 Å². The summed E-state index contributed by atoms with van der Waals surface area (Å²) in [7, 11) is 0. The molecule has 0 fully saturated rings. The van der Waals surface area contributed by atoms with Crippen molar-refractivity contribution in [3.8, 4) is 0 Å². The molecule has 0 saturated heterocycles. The Balaban J connectivity index is 2.53. The van der Waals surface area contributed by atoms with Crippen molar-refractivity contribution in [3.63, 3.8) is 0 Å². The van der Waals surface area contributed by atoms with Gasteiger partial charge in [0.25, 0.3) is 0 Å². The van der Waals surface area contributed by atoms with Gasteiger partial charge in [-0.15, -0.1) is 0 Å². The Labute approximate surface area is 112 Å². The van der Waals surface area contributed by atoms with Crippen LogP contribution < -0.4 is 0 Å². The lowest BCUT2D eigenvalue weighted by Crippen LogP contribution is -2.03. The molecular formula is C15H15ClO2. The van der Waals surface area contributed by atoms with Crippen LogP contribution in [-0.4, -0.2) is 5.78 Å². The minimum atomic E-state index is -0.0857. The zero-order valence-corrected chi connectivity index (χ0v) is 11.7. The van der Waals surface area contributed by atoms with E-state index in [9.17, 15) is 4.79 Å². The van der Waals surface area contributed by atoms with Crippen molar-refractivity contribution in [1.29, 1.82) is 0 Å². The summed E-state index contributed by atoms with van der Waals surface area (Å²) in [5.74, 6) is 1.28. The maximum Gasteiger partial charge on any atom is 0.198 e. The Morgan fingerprint density at radius 1 is 1.00 bits per heavy atom. The molecule has 0 amide bonds. The first kappa shape index (κ1) is 12.9. The quantitative estimate of drug-likeness (QED) is 0.751. The largest absolute Gasteiger partial charge is 0.466 e. The van der Waals surface area contributed by atoms with Gasteiger partial charge in [0.2, 0.25) is 0 Å². The summed E-state index contributed by atoms with van der Waals surface area (Å²) in [6, 6.07) is 5.41. The fourth-order valence-corrected chi connectivity index (χ4v) is 2.26. The zero-order valence-electron chi connectivity index (χ0n) is 10.9. The third-order valence-electron chi connectivity index (χ3n) is 3.11. The van der Waals surface area contributed by atoms with Gasteiger partial charge >= 0.3 is 0 Å². The summed E-state index contributed by atoms with van der Waals surface area (Å²) in [5.41, 5.74) is 3.25. The molecule has 0 aliphatic rings. The number of hydrogen-bond acceptors (Lipinski definition) is 2. The molecule has 0 aliphatic heterocycles.